The Morgan fingerprint density at radius 1 is 1.27 bits per heavy atom. The molecule has 1 N–H and O–H groups in total. The van der Waals surface area contributed by atoms with E-state index in [1.54, 1.807) is 36.4 Å². The van der Waals surface area contributed by atoms with Crippen LogP contribution in [0.15, 0.2) is 41.4 Å². The number of benzene rings is 1. The van der Waals surface area contributed by atoms with E-state index in [1.807, 2.05) is 6.92 Å². The number of hydrogen-bond acceptors (Lipinski definition) is 7. The molecule has 1 aromatic carbocycles. The molecule has 6 nitrogen and oxygen atoms in total. The second-order valence-corrected chi connectivity index (χ2v) is 7.93. The maximum atomic E-state index is 13.6. The van der Waals surface area contributed by atoms with Crippen LogP contribution in [0.25, 0.3) is 11.3 Å². The zero-order valence-electron chi connectivity index (χ0n) is 15.5. The molecule has 0 aliphatic carbocycles. The molecule has 0 radical (unpaired) electrons. The lowest BCUT2D eigenvalue weighted by atomic mass is 10.1. The monoisotopic (exact) mass is 449 g/mol. The normalized spacial score (nSPS) is 11.2. The zero-order valence-corrected chi connectivity index (χ0v) is 17.2. The predicted octanol–water partition coefficient (Wildman–Crippen LogP) is 4.78. The SMILES string of the molecule is CCc1nnc(NC(=O)CSc2nc(-c3ccccc3)cc(C(F)(F)F)c2C#N)s1. The Morgan fingerprint density at radius 3 is 2.60 bits per heavy atom. The van der Waals surface area contributed by atoms with Crippen LogP contribution in [-0.2, 0) is 17.4 Å². The van der Waals surface area contributed by atoms with Gasteiger partial charge < -0.3 is 0 Å². The number of halogens is 3. The number of nitrogens with zero attached hydrogens (tertiary/aromatic N) is 4. The molecule has 2 aromatic heterocycles. The average molecular weight is 449 g/mol. The number of thioether (sulfide) groups is 1. The second-order valence-electron chi connectivity index (χ2n) is 5.90. The molecule has 0 aliphatic heterocycles. The molecule has 3 aromatic rings. The van der Waals surface area contributed by atoms with Crippen molar-refractivity contribution >= 4 is 34.1 Å². The average Bonchev–Trinajstić information content (AvgIpc) is 3.19. The van der Waals surface area contributed by atoms with E-state index in [9.17, 15) is 23.2 Å². The number of carbonyl (C=O) groups is 1. The first-order valence-electron chi connectivity index (χ1n) is 8.64. The van der Waals surface area contributed by atoms with Gasteiger partial charge in [-0.1, -0.05) is 60.4 Å². The van der Waals surface area contributed by atoms with Gasteiger partial charge in [0, 0.05) is 5.56 Å². The summed E-state index contributed by atoms with van der Waals surface area (Å²) in [6, 6.07) is 10.8. The summed E-state index contributed by atoms with van der Waals surface area (Å²) in [7, 11) is 0. The van der Waals surface area contributed by atoms with Gasteiger partial charge in [0.05, 0.1) is 22.6 Å². The summed E-state index contributed by atoms with van der Waals surface area (Å²) in [6.45, 7) is 1.90. The van der Waals surface area contributed by atoms with Crippen LogP contribution in [0, 0.1) is 11.3 Å². The molecule has 0 saturated heterocycles. The van der Waals surface area contributed by atoms with Crippen LogP contribution < -0.4 is 5.32 Å². The van der Waals surface area contributed by atoms with Crippen LogP contribution in [0.5, 0.6) is 0 Å². The van der Waals surface area contributed by atoms with Crippen LogP contribution in [0.4, 0.5) is 18.3 Å². The summed E-state index contributed by atoms with van der Waals surface area (Å²) < 4.78 is 40.7. The van der Waals surface area contributed by atoms with Crippen LogP contribution in [0.3, 0.4) is 0 Å². The van der Waals surface area contributed by atoms with Crippen molar-refractivity contribution in [2.45, 2.75) is 24.5 Å². The number of aryl methyl sites for hydroxylation is 1. The minimum Gasteiger partial charge on any atom is -0.300 e. The first kappa shape index (κ1) is 21.7. The van der Waals surface area contributed by atoms with Gasteiger partial charge in [-0.25, -0.2) is 4.98 Å². The Labute approximate surface area is 178 Å². The molecular formula is C19H14F3N5OS2. The van der Waals surface area contributed by atoms with Gasteiger partial charge >= 0.3 is 6.18 Å². The van der Waals surface area contributed by atoms with Crippen LogP contribution in [0.2, 0.25) is 0 Å². The smallest absolute Gasteiger partial charge is 0.300 e. The number of amides is 1. The van der Waals surface area contributed by atoms with Gasteiger partial charge in [-0.3, -0.25) is 10.1 Å². The van der Waals surface area contributed by atoms with Crippen LogP contribution in [0.1, 0.15) is 23.1 Å². The molecule has 3 rings (SSSR count). The number of rotatable bonds is 6. The fourth-order valence-corrected chi connectivity index (χ4v) is 3.95. The van der Waals surface area contributed by atoms with Crippen molar-refractivity contribution in [1.29, 1.82) is 5.26 Å². The number of alkyl halides is 3. The van der Waals surface area contributed by atoms with Gasteiger partial charge in [-0.15, -0.1) is 10.2 Å². The van der Waals surface area contributed by atoms with Crippen molar-refractivity contribution in [2.24, 2.45) is 0 Å². The van der Waals surface area contributed by atoms with E-state index in [-0.39, 0.29) is 16.5 Å². The minimum absolute atomic E-state index is 0.0709. The molecule has 2 heterocycles. The summed E-state index contributed by atoms with van der Waals surface area (Å²) >= 11 is 1.98. The van der Waals surface area contributed by atoms with Crippen molar-refractivity contribution in [3.63, 3.8) is 0 Å². The molecule has 0 bridgehead atoms. The number of nitriles is 1. The van der Waals surface area contributed by atoms with Gasteiger partial charge in [0.25, 0.3) is 0 Å². The van der Waals surface area contributed by atoms with Gasteiger partial charge in [0.1, 0.15) is 16.1 Å². The summed E-state index contributed by atoms with van der Waals surface area (Å²) in [5.74, 6) is -0.721. The molecule has 0 aliphatic rings. The lowest BCUT2D eigenvalue weighted by Gasteiger charge is -2.14. The van der Waals surface area contributed by atoms with Crippen LogP contribution in [-0.4, -0.2) is 26.8 Å². The van der Waals surface area contributed by atoms with Crippen molar-refractivity contribution in [3.8, 4) is 17.3 Å². The molecule has 30 heavy (non-hydrogen) atoms. The zero-order chi connectivity index (χ0) is 21.7. The van der Waals surface area contributed by atoms with E-state index in [0.29, 0.717) is 17.1 Å². The molecule has 0 saturated carbocycles. The molecule has 0 unspecified atom stereocenters. The number of aromatic nitrogens is 3. The van der Waals surface area contributed by atoms with Crippen LogP contribution >= 0.6 is 23.1 Å². The summed E-state index contributed by atoms with van der Waals surface area (Å²) in [6.07, 6.45) is -4.07. The summed E-state index contributed by atoms with van der Waals surface area (Å²) in [5.41, 5.74) is -1.15. The maximum Gasteiger partial charge on any atom is 0.417 e. The third-order valence-electron chi connectivity index (χ3n) is 3.83. The van der Waals surface area contributed by atoms with Gasteiger partial charge in [0.15, 0.2) is 0 Å². The van der Waals surface area contributed by atoms with E-state index in [0.717, 1.165) is 22.8 Å². The van der Waals surface area contributed by atoms with E-state index in [4.69, 9.17) is 0 Å². The lowest BCUT2D eigenvalue weighted by molar-refractivity contribution is -0.138. The molecule has 154 valence electrons. The first-order valence-corrected chi connectivity index (χ1v) is 10.4. The summed E-state index contributed by atoms with van der Waals surface area (Å²) in [4.78, 5) is 16.4. The largest absolute Gasteiger partial charge is 0.417 e. The molecular weight excluding hydrogens is 435 g/mol. The number of pyridine rings is 1. The van der Waals surface area contributed by atoms with Crippen molar-refractivity contribution in [3.05, 3.63) is 52.5 Å². The van der Waals surface area contributed by atoms with Crippen molar-refractivity contribution in [2.75, 3.05) is 11.1 Å². The standard InChI is InChI=1S/C19H14F3N5OS2/c1-2-16-26-27-18(30-16)25-15(28)10-29-17-12(9-23)13(19(20,21)22)8-14(24-17)11-6-4-3-5-7-11/h3-8H,2,10H2,1H3,(H,25,27,28). The Morgan fingerprint density at radius 2 is 2.00 bits per heavy atom. The van der Waals surface area contributed by atoms with E-state index < -0.39 is 23.2 Å². The number of nitrogens with one attached hydrogen (secondary N) is 1. The summed E-state index contributed by atoms with van der Waals surface area (Å²) in [5, 5.41) is 20.5. The molecule has 0 atom stereocenters. The minimum atomic E-state index is -4.74. The fourth-order valence-electron chi connectivity index (χ4n) is 2.45. The number of anilines is 1. The lowest BCUT2D eigenvalue weighted by Crippen LogP contribution is -2.15. The molecule has 1 amide bonds. The first-order chi connectivity index (χ1) is 14.3. The highest BCUT2D eigenvalue weighted by Gasteiger charge is 2.36. The topological polar surface area (TPSA) is 91.6 Å². The Bertz CT molecular complexity index is 1090. The maximum absolute atomic E-state index is 13.6. The van der Waals surface area contributed by atoms with E-state index in [1.165, 1.54) is 11.3 Å². The number of carbonyl (C=O) groups excluding carboxylic acids is 1. The highest BCUT2D eigenvalue weighted by atomic mass is 32.2. The number of hydrogen-bond donors (Lipinski definition) is 1. The van der Waals surface area contributed by atoms with Gasteiger partial charge in [-0.05, 0) is 12.5 Å². The highest BCUT2D eigenvalue weighted by Crippen LogP contribution is 2.37. The highest BCUT2D eigenvalue weighted by molar-refractivity contribution is 8.00. The molecule has 11 heteroatoms. The molecule has 0 spiro atoms. The fraction of sp³-hybridized carbons (Fsp3) is 0.211. The third kappa shape index (κ3) is 5.14. The van der Waals surface area contributed by atoms with Gasteiger partial charge in [0.2, 0.25) is 11.0 Å². The van der Waals surface area contributed by atoms with Gasteiger partial charge in [-0.2, -0.15) is 18.4 Å². The van der Waals surface area contributed by atoms with Crippen molar-refractivity contribution in [1.82, 2.24) is 15.2 Å². The molecule has 0 fully saturated rings. The third-order valence-corrected chi connectivity index (χ3v) is 5.79. The second kappa shape index (κ2) is 9.23. The quantitative estimate of drug-likeness (QED) is 0.545. The van der Waals surface area contributed by atoms with Crippen molar-refractivity contribution < 1.29 is 18.0 Å². The van der Waals surface area contributed by atoms with E-state index >= 15 is 0 Å². The predicted molar refractivity (Wildman–Crippen MR) is 108 cm³/mol. The Hall–Kier alpha value is -2.97. The Kier molecular flexibility index (Phi) is 6.69. The Balaban J connectivity index is 1.88. The van der Waals surface area contributed by atoms with E-state index in [2.05, 4.69) is 20.5 Å².